The Morgan fingerprint density at radius 2 is 2.07 bits per heavy atom. The average Bonchev–Trinajstić information content (AvgIpc) is 3.11. The topological polar surface area (TPSA) is 103 Å². The van der Waals surface area contributed by atoms with Gasteiger partial charge in [0, 0.05) is 41.2 Å². The van der Waals surface area contributed by atoms with Gasteiger partial charge in [-0.25, -0.2) is 9.78 Å². The smallest absolute Gasteiger partial charge is 0.340 e. The number of amides is 1. The number of rotatable bonds is 6. The highest BCUT2D eigenvalue weighted by molar-refractivity contribution is 8.01. The lowest BCUT2D eigenvalue weighted by atomic mass is 10.1. The molecular weight excluding hydrogens is 402 g/mol. The number of esters is 1. The first kappa shape index (κ1) is 20.3. The third-order valence-electron chi connectivity index (χ3n) is 4.22. The molecule has 10 heteroatoms. The van der Waals surface area contributed by atoms with Gasteiger partial charge >= 0.3 is 5.97 Å². The number of aryl methyl sites for hydroxylation is 1. The van der Waals surface area contributed by atoms with E-state index in [1.807, 2.05) is 12.3 Å². The number of nitrogens with zero attached hydrogens (tertiary/aromatic N) is 3. The summed E-state index contributed by atoms with van der Waals surface area (Å²) in [5.74, 6) is -1.01. The summed E-state index contributed by atoms with van der Waals surface area (Å²) in [5.41, 5.74) is 0.693. The van der Waals surface area contributed by atoms with Gasteiger partial charge in [-0.2, -0.15) is 0 Å². The monoisotopic (exact) mass is 421 g/mol. The van der Waals surface area contributed by atoms with Crippen LogP contribution in [0.5, 0.6) is 0 Å². The molecule has 0 spiro atoms. The maximum Gasteiger partial charge on any atom is 0.340 e. The van der Waals surface area contributed by atoms with Gasteiger partial charge in [0.1, 0.15) is 0 Å². The first-order valence-electron chi connectivity index (χ1n) is 8.77. The van der Waals surface area contributed by atoms with Gasteiger partial charge in [0.05, 0.1) is 10.5 Å². The Hall–Kier alpha value is -2.46. The Balaban J connectivity index is 1.75. The van der Waals surface area contributed by atoms with E-state index in [0.717, 1.165) is 25.0 Å². The Labute approximate surface area is 170 Å². The number of hydrogen-bond acceptors (Lipinski definition) is 8. The highest BCUT2D eigenvalue weighted by atomic mass is 32.2. The summed E-state index contributed by atoms with van der Waals surface area (Å²) in [5, 5.41) is 13.0. The van der Waals surface area contributed by atoms with Crippen LogP contribution >= 0.6 is 23.1 Å². The maximum absolute atomic E-state index is 12.6. The van der Waals surface area contributed by atoms with Crippen molar-refractivity contribution in [3.8, 4) is 0 Å². The number of benzene rings is 1. The first-order chi connectivity index (χ1) is 13.4. The van der Waals surface area contributed by atoms with Gasteiger partial charge < -0.3 is 9.64 Å². The lowest BCUT2D eigenvalue weighted by Crippen LogP contribution is -2.38. The minimum absolute atomic E-state index is 0.0542. The molecule has 1 aliphatic rings. The lowest BCUT2D eigenvalue weighted by molar-refractivity contribution is -0.384. The number of thiazole rings is 1. The van der Waals surface area contributed by atoms with Crippen molar-refractivity contribution in [3.63, 3.8) is 0 Å². The zero-order chi connectivity index (χ0) is 20.1. The highest BCUT2D eigenvalue weighted by Crippen LogP contribution is 2.34. The van der Waals surface area contributed by atoms with Crippen molar-refractivity contribution in [3.05, 3.63) is 45.0 Å². The molecule has 8 nitrogen and oxygen atoms in total. The molecule has 2 heterocycles. The van der Waals surface area contributed by atoms with Gasteiger partial charge in [0.15, 0.2) is 10.9 Å². The number of carbonyl (C=O) groups excluding carboxylic acids is 2. The van der Waals surface area contributed by atoms with E-state index in [1.165, 1.54) is 41.3 Å². The molecule has 0 unspecified atom stereocenters. The Morgan fingerprint density at radius 1 is 1.32 bits per heavy atom. The number of aromatic nitrogens is 1. The molecule has 1 saturated heterocycles. The van der Waals surface area contributed by atoms with Crippen molar-refractivity contribution in [2.45, 2.75) is 35.4 Å². The Kier molecular flexibility index (Phi) is 6.63. The molecule has 1 amide bonds. The summed E-state index contributed by atoms with van der Waals surface area (Å²) in [4.78, 5) is 41.8. The van der Waals surface area contributed by atoms with Crippen LogP contribution in [0.4, 0.5) is 5.69 Å². The molecular formula is C18H19N3O5S2. The van der Waals surface area contributed by atoms with Crippen LogP contribution in [0, 0.1) is 17.0 Å². The fourth-order valence-corrected chi connectivity index (χ4v) is 4.69. The largest absolute Gasteiger partial charge is 0.452 e. The number of nitro groups is 1. The SMILES string of the molecule is Cc1csc(Sc2ccc([N+](=O)[O-])cc2C(=O)OCC(=O)N2CCCCC2)n1. The van der Waals surface area contributed by atoms with Crippen LogP contribution in [-0.4, -0.2) is 46.4 Å². The van der Waals surface area contributed by atoms with Gasteiger partial charge in [0.2, 0.25) is 0 Å². The van der Waals surface area contributed by atoms with Crippen LogP contribution in [0.25, 0.3) is 0 Å². The zero-order valence-electron chi connectivity index (χ0n) is 15.3. The molecule has 1 aromatic carbocycles. The van der Waals surface area contributed by atoms with Crippen molar-refractivity contribution >= 4 is 40.7 Å². The number of carbonyl (C=O) groups is 2. The van der Waals surface area contributed by atoms with Gasteiger partial charge in [-0.3, -0.25) is 14.9 Å². The van der Waals surface area contributed by atoms with Gasteiger partial charge in [-0.05, 0) is 32.3 Å². The average molecular weight is 422 g/mol. The molecule has 148 valence electrons. The highest BCUT2D eigenvalue weighted by Gasteiger charge is 2.22. The molecule has 1 aromatic heterocycles. The normalized spacial score (nSPS) is 14.0. The Morgan fingerprint density at radius 3 is 2.71 bits per heavy atom. The molecule has 0 bridgehead atoms. The van der Waals surface area contributed by atoms with E-state index in [1.54, 1.807) is 4.90 Å². The van der Waals surface area contributed by atoms with Gasteiger partial charge in [-0.15, -0.1) is 11.3 Å². The predicted molar refractivity (Wildman–Crippen MR) is 105 cm³/mol. The minimum atomic E-state index is -0.759. The van der Waals surface area contributed by atoms with Crippen LogP contribution < -0.4 is 0 Å². The molecule has 0 N–H and O–H groups in total. The molecule has 1 aliphatic heterocycles. The van der Waals surface area contributed by atoms with Crippen LogP contribution in [0.3, 0.4) is 0 Å². The van der Waals surface area contributed by atoms with Gasteiger partial charge in [-0.1, -0.05) is 11.8 Å². The molecule has 1 fully saturated rings. The number of piperidine rings is 1. The summed E-state index contributed by atoms with van der Waals surface area (Å²) in [6, 6.07) is 4.01. The maximum atomic E-state index is 12.6. The number of hydrogen-bond donors (Lipinski definition) is 0. The van der Waals surface area contributed by atoms with E-state index in [0.29, 0.717) is 22.3 Å². The molecule has 0 aliphatic carbocycles. The van der Waals surface area contributed by atoms with Crippen LogP contribution in [0.1, 0.15) is 35.3 Å². The number of non-ortho nitro benzene ring substituents is 1. The van der Waals surface area contributed by atoms with E-state index in [9.17, 15) is 19.7 Å². The quantitative estimate of drug-likeness (QED) is 0.398. The van der Waals surface area contributed by atoms with E-state index in [-0.39, 0.29) is 23.8 Å². The number of ether oxygens (including phenoxy) is 1. The predicted octanol–water partition coefficient (Wildman–Crippen LogP) is 3.68. The molecule has 3 rings (SSSR count). The van der Waals surface area contributed by atoms with Crippen molar-refractivity contribution in [2.24, 2.45) is 0 Å². The second kappa shape index (κ2) is 9.16. The van der Waals surface area contributed by atoms with E-state index < -0.39 is 10.9 Å². The fraction of sp³-hybridized carbons (Fsp3) is 0.389. The minimum Gasteiger partial charge on any atom is -0.452 e. The first-order valence-corrected chi connectivity index (χ1v) is 10.5. The second-order valence-corrected chi connectivity index (χ2v) is 8.46. The van der Waals surface area contributed by atoms with Crippen molar-refractivity contribution in [1.82, 2.24) is 9.88 Å². The van der Waals surface area contributed by atoms with Crippen LogP contribution in [0.15, 0.2) is 32.8 Å². The van der Waals surface area contributed by atoms with E-state index in [2.05, 4.69) is 4.98 Å². The third kappa shape index (κ3) is 5.08. The molecule has 0 atom stereocenters. The number of likely N-dealkylation sites (tertiary alicyclic amines) is 1. The molecule has 28 heavy (non-hydrogen) atoms. The summed E-state index contributed by atoms with van der Waals surface area (Å²) in [7, 11) is 0. The van der Waals surface area contributed by atoms with Crippen molar-refractivity contribution in [2.75, 3.05) is 19.7 Å². The summed E-state index contributed by atoms with van der Waals surface area (Å²) < 4.78 is 5.89. The summed E-state index contributed by atoms with van der Waals surface area (Å²) in [6.45, 7) is 2.81. The third-order valence-corrected chi connectivity index (χ3v) is 6.36. The summed E-state index contributed by atoms with van der Waals surface area (Å²) >= 11 is 2.65. The van der Waals surface area contributed by atoms with Crippen LogP contribution in [0.2, 0.25) is 0 Å². The van der Waals surface area contributed by atoms with Crippen LogP contribution in [-0.2, 0) is 9.53 Å². The summed E-state index contributed by atoms with van der Waals surface area (Å²) in [6.07, 6.45) is 2.98. The van der Waals surface area contributed by atoms with E-state index in [4.69, 9.17) is 4.74 Å². The lowest BCUT2D eigenvalue weighted by Gasteiger charge is -2.26. The second-order valence-electron chi connectivity index (χ2n) is 6.31. The zero-order valence-corrected chi connectivity index (χ0v) is 16.9. The van der Waals surface area contributed by atoms with Crippen molar-refractivity contribution in [1.29, 1.82) is 0 Å². The van der Waals surface area contributed by atoms with Crippen molar-refractivity contribution < 1.29 is 19.2 Å². The number of nitro benzene ring substituents is 1. The molecule has 2 aromatic rings. The molecule has 0 radical (unpaired) electrons. The molecule has 0 saturated carbocycles. The van der Waals surface area contributed by atoms with Gasteiger partial charge in [0.25, 0.3) is 11.6 Å². The van der Waals surface area contributed by atoms with E-state index >= 15 is 0 Å². The Bertz CT molecular complexity index is 893. The fourth-order valence-electron chi connectivity index (χ4n) is 2.79. The standard InChI is InChI=1S/C18H19N3O5S2/c1-12-11-27-18(19-12)28-15-6-5-13(21(24)25)9-14(15)17(23)26-10-16(22)20-7-3-2-4-8-20/h5-6,9,11H,2-4,7-8,10H2,1H3.